The minimum Gasteiger partial charge on any atom is -0.356 e. The van der Waals surface area contributed by atoms with Crippen LogP contribution >= 0.6 is 0 Å². The van der Waals surface area contributed by atoms with Crippen LogP contribution in [0.5, 0.6) is 0 Å². The fourth-order valence-corrected chi connectivity index (χ4v) is 3.28. The summed E-state index contributed by atoms with van der Waals surface area (Å²) in [5.41, 5.74) is 1.94. The number of nitrogens with one attached hydrogen (secondary N) is 2. The molecule has 1 atom stereocenters. The SMILES string of the molecule is CN=C(NCCc1nc2ccccc2[nH]1)N1CCN(C(C)C(F)(F)F)CC1. The first-order valence-corrected chi connectivity index (χ1v) is 9.08. The van der Waals surface area contributed by atoms with Crippen LogP contribution in [0.15, 0.2) is 29.3 Å². The molecule has 148 valence electrons. The summed E-state index contributed by atoms with van der Waals surface area (Å²) >= 11 is 0. The fourth-order valence-electron chi connectivity index (χ4n) is 3.28. The zero-order valence-corrected chi connectivity index (χ0v) is 15.6. The number of aliphatic imine (C=N–C) groups is 1. The molecule has 3 rings (SSSR count). The van der Waals surface area contributed by atoms with Crippen molar-refractivity contribution < 1.29 is 13.2 Å². The molecule has 0 aliphatic carbocycles. The van der Waals surface area contributed by atoms with Gasteiger partial charge in [0.25, 0.3) is 0 Å². The maximum atomic E-state index is 12.9. The highest BCUT2D eigenvalue weighted by atomic mass is 19.4. The Balaban J connectivity index is 1.48. The van der Waals surface area contributed by atoms with E-state index in [1.807, 2.05) is 29.2 Å². The van der Waals surface area contributed by atoms with Crippen molar-refractivity contribution in [3.63, 3.8) is 0 Å². The topological polar surface area (TPSA) is 59.6 Å². The third-order valence-corrected chi connectivity index (χ3v) is 4.93. The summed E-state index contributed by atoms with van der Waals surface area (Å²) < 4.78 is 38.6. The van der Waals surface area contributed by atoms with Crippen molar-refractivity contribution in [1.82, 2.24) is 25.1 Å². The Kier molecular flexibility index (Phi) is 5.88. The van der Waals surface area contributed by atoms with Gasteiger partial charge in [-0.3, -0.25) is 9.89 Å². The Hall–Kier alpha value is -2.29. The van der Waals surface area contributed by atoms with E-state index in [1.54, 1.807) is 7.05 Å². The third kappa shape index (κ3) is 4.71. The molecule has 1 saturated heterocycles. The molecule has 1 unspecified atom stereocenters. The average molecular weight is 382 g/mol. The molecule has 0 radical (unpaired) electrons. The van der Waals surface area contributed by atoms with E-state index in [0.29, 0.717) is 45.1 Å². The van der Waals surface area contributed by atoms with Crippen LogP contribution in [0.3, 0.4) is 0 Å². The molecule has 1 aliphatic rings. The smallest absolute Gasteiger partial charge is 0.356 e. The van der Waals surface area contributed by atoms with Gasteiger partial charge in [0.2, 0.25) is 0 Å². The number of para-hydroxylation sites is 2. The zero-order valence-electron chi connectivity index (χ0n) is 15.6. The van der Waals surface area contributed by atoms with Gasteiger partial charge in [0.05, 0.1) is 11.0 Å². The highest BCUT2D eigenvalue weighted by Gasteiger charge is 2.41. The lowest BCUT2D eigenvalue weighted by molar-refractivity contribution is -0.181. The summed E-state index contributed by atoms with van der Waals surface area (Å²) in [5.74, 6) is 1.60. The third-order valence-electron chi connectivity index (χ3n) is 4.93. The van der Waals surface area contributed by atoms with E-state index in [2.05, 4.69) is 20.3 Å². The highest BCUT2D eigenvalue weighted by Crippen LogP contribution is 2.25. The van der Waals surface area contributed by atoms with Crippen molar-refractivity contribution in [2.24, 2.45) is 4.99 Å². The van der Waals surface area contributed by atoms with E-state index >= 15 is 0 Å². The summed E-state index contributed by atoms with van der Waals surface area (Å²) in [5, 5.41) is 3.28. The van der Waals surface area contributed by atoms with Crippen LogP contribution in [0, 0.1) is 0 Å². The van der Waals surface area contributed by atoms with E-state index in [0.717, 1.165) is 16.9 Å². The molecule has 1 aromatic heterocycles. The number of aromatic nitrogens is 2. The van der Waals surface area contributed by atoms with Crippen LogP contribution in [0.25, 0.3) is 11.0 Å². The van der Waals surface area contributed by atoms with Gasteiger partial charge in [-0.25, -0.2) is 4.98 Å². The number of nitrogens with zero attached hydrogens (tertiary/aromatic N) is 4. The van der Waals surface area contributed by atoms with E-state index < -0.39 is 12.2 Å². The first-order valence-electron chi connectivity index (χ1n) is 9.08. The molecule has 1 aromatic carbocycles. The van der Waals surface area contributed by atoms with Crippen LogP contribution in [0.1, 0.15) is 12.7 Å². The summed E-state index contributed by atoms with van der Waals surface area (Å²) in [4.78, 5) is 15.6. The van der Waals surface area contributed by atoms with Crippen molar-refractivity contribution >= 4 is 17.0 Å². The minimum atomic E-state index is -4.19. The number of fused-ring (bicyclic) bond motifs is 1. The van der Waals surface area contributed by atoms with E-state index in [-0.39, 0.29) is 0 Å². The molecule has 6 nitrogen and oxygen atoms in total. The molecule has 2 N–H and O–H groups in total. The molecule has 27 heavy (non-hydrogen) atoms. The number of hydrogen-bond acceptors (Lipinski definition) is 3. The second-order valence-electron chi connectivity index (χ2n) is 6.67. The van der Waals surface area contributed by atoms with Crippen molar-refractivity contribution in [1.29, 1.82) is 0 Å². The summed E-state index contributed by atoms with van der Waals surface area (Å²) in [6, 6.07) is 6.45. The zero-order chi connectivity index (χ0) is 19.4. The van der Waals surface area contributed by atoms with Crippen molar-refractivity contribution in [3.05, 3.63) is 30.1 Å². The van der Waals surface area contributed by atoms with E-state index in [4.69, 9.17) is 0 Å². The van der Waals surface area contributed by atoms with Crippen LogP contribution in [0.4, 0.5) is 13.2 Å². The maximum Gasteiger partial charge on any atom is 0.403 e. The highest BCUT2D eigenvalue weighted by molar-refractivity contribution is 5.80. The summed E-state index contributed by atoms with van der Waals surface area (Å²) in [6.45, 7) is 3.63. The van der Waals surface area contributed by atoms with Gasteiger partial charge in [-0.05, 0) is 19.1 Å². The van der Waals surface area contributed by atoms with Gasteiger partial charge >= 0.3 is 6.18 Å². The lowest BCUT2D eigenvalue weighted by Crippen LogP contribution is -2.56. The monoisotopic (exact) mass is 382 g/mol. The number of rotatable bonds is 4. The van der Waals surface area contributed by atoms with Gasteiger partial charge in [0.15, 0.2) is 5.96 Å². The fraction of sp³-hybridized carbons (Fsp3) is 0.556. The Morgan fingerprint density at radius 3 is 2.59 bits per heavy atom. The van der Waals surface area contributed by atoms with Crippen LogP contribution in [-0.4, -0.2) is 77.7 Å². The van der Waals surface area contributed by atoms with E-state index in [9.17, 15) is 13.2 Å². The molecule has 1 fully saturated rings. The maximum absolute atomic E-state index is 12.9. The molecule has 2 heterocycles. The largest absolute Gasteiger partial charge is 0.403 e. The second-order valence-corrected chi connectivity index (χ2v) is 6.67. The standard InChI is InChI=1S/C18H25F3N6/c1-13(18(19,20)21)26-9-11-27(12-10-26)17(22-2)23-8-7-16-24-14-5-3-4-6-15(14)25-16/h3-6,13H,7-12H2,1-2H3,(H,22,23)(H,24,25). The van der Waals surface area contributed by atoms with E-state index in [1.165, 1.54) is 11.8 Å². The lowest BCUT2D eigenvalue weighted by atomic mass is 10.2. The predicted molar refractivity (Wildman–Crippen MR) is 99.8 cm³/mol. The molecule has 0 bridgehead atoms. The molecule has 0 saturated carbocycles. The van der Waals surface area contributed by atoms with Crippen LogP contribution in [-0.2, 0) is 6.42 Å². The van der Waals surface area contributed by atoms with Crippen molar-refractivity contribution in [2.75, 3.05) is 39.8 Å². The number of benzene rings is 1. The van der Waals surface area contributed by atoms with Gasteiger partial charge in [-0.15, -0.1) is 0 Å². The number of halogens is 3. The normalized spacial score (nSPS) is 18.1. The predicted octanol–water partition coefficient (Wildman–Crippen LogP) is 2.25. The summed E-state index contributed by atoms with van der Waals surface area (Å²) in [6.07, 6.45) is -3.48. The van der Waals surface area contributed by atoms with Gasteiger partial charge in [-0.1, -0.05) is 12.1 Å². The molecule has 9 heteroatoms. The molecule has 1 aliphatic heterocycles. The quantitative estimate of drug-likeness (QED) is 0.629. The first kappa shape index (κ1) is 19.5. The molecular weight excluding hydrogens is 357 g/mol. The molecule has 0 amide bonds. The van der Waals surface area contributed by atoms with Gasteiger partial charge in [0, 0.05) is 46.2 Å². The number of aromatic amines is 1. The number of H-pyrrole nitrogens is 1. The van der Waals surface area contributed by atoms with Gasteiger partial charge in [0.1, 0.15) is 11.9 Å². The first-order chi connectivity index (χ1) is 12.9. The number of imidazole rings is 1. The second kappa shape index (κ2) is 8.16. The van der Waals surface area contributed by atoms with Crippen molar-refractivity contribution in [2.45, 2.75) is 25.6 Å². The molecule has 0 spiro atoms. The molecule has 2 aromatic rings. The summed E-state index contributed by atoms with van der Waals surface area (Å²) in [7, 11) is 1.69. The van der Waals surface area contributed by atoms with Crippen molar-refractivity contribution in [3.8, 4) is 0 Å². The molecular formula is C18H25F3N6. The van der Waals surface area contributed by atoms with Gasteiger partial charge < -0.3 is 15.2 Å². The van der Waals surface area contributed by atoms with Crippen LogP contribution < -0.4 is 5.32 Å². The Bertz CT molecular complexity index is 744. The lowest BCUT2D eigenvalue weighted by Gasteiger charge is -2.39. The average Bonchev–Trinajstić information content (AvgIpc) is 3.07. The number of alkyl halides is 3. The number of piperazine rings is 1. The van der Waals surface area contributed by atoms with Gasteiger partial charge in [-0.2, -0.15) is 13.2 Å². The van der Waals surface area contributed by atoms with Crippen LogP contribution in [0.2, 0.25) is 0 Å². The Morgan fingerprint density at radius 2 is 1.96 bits per heavy atom. The number of guanidine groups is 1. The minimum absolute atomic E-state index is 0.366. The number of hydrogen-bond donors (Lipinski definition) is 2. The Labute approximate surface area is 156 Å². The Morgan fingerprint density at radius 1 is 1.26 bits per heavy atom.